The molecule has 1 amide bonds. The molecule has 1 aromatic heterocycles. The molecule has 1 N–H and O–H groups in total. The fourth-order valence-electron chi connectivity index (χ4n) is 2.32. The van der Waals surface area contributed by atoms with Crippen molar-refractivity contribution in [3.05, 3.63) is 29.7 Å². The van der Waals surface area contributed by atoms with Gasteiger partial charge in [0.25, 0.3) is 0 Å². The first-order valence-electron chi connectivity index (χ1n) is 7.46. The van der Waals surface area contributed by atoms with Crippen molar-refractivity contribution in [3.63, 3.8) is 0 Å². The highest BCUT2D eigenvalue weighted by atomic mass is 16.7. The molecule has 124 valence electrons. The van der Waals surface area contributed by atoms with Crippen molar-refractivity contribution >= 4 is 5.91 Å². The number of carbonyl (C=O) groups is 1. The van der Waals surface area contributed by atoms with Gasteiger partial charge in [-0.2, -0.15) is 5.26 Å². The second-order valence-corrected chi connectivity index (χ2v) is 6.05. The molecule has 0 spiro atoms. The molecule has 0 fully saturated rings. The van der Waals surface area contributed by atoms with Gasteiger partial charge in [0.05, 0.1) is 18.2 Å². The summed E-state index contributed by atoms with van der Waals surface area (Å²) in [6.07, 6.45) is 0.0466. The lowest BCUT2D eigenvalue weighted by Gasteiger charge is -2.16. The number of ether oxygens (including phenoxy) is 2. The fourth-order valence-corrected chi connectivity index (χ4v) is 2.32. The Bertz CT molecular complexity index is 833. The van der Waals surface area contributed by atoms with E-state index in [9.17, 15) is 4.79 Å². The maximum Gasteiger partial charge on any atom is 0.231 e. The lowest BCUT2D eigenvalue weighted by atomic mass is 10.1. The van der Waals surface area contributed by atoms with Crippen LogP contribution in [-0.4, -0.2) is 23.2 Å². The van der Waals surface area contributed by atoms with Crippen LogP contribution >= 0.6 is 0 Å². The van der Waals surface area contributed by atoms with Crippen LogP contribution in [0.15, 0.2) is 22.6 Å². The lowest BCUT2D eigenvalue weighted by molar-refractivity contribution is -0.121. The quantitative estimate of drug-likeness (QED) is 0.925. The number of hydrogen-bond donors (Lipinski definition) is 1. The van der Waals surface area contributed by atoms with E-state index < -0.39 is 5.54 Å². The monoisotopic (exact) mass is 327 g/mol. The summed E-state index contributed by atoms with van der Waals surface area (Å²) in [5.41, 5.74) is 0.356. The number of aryl methyl sites for hydroxylation is 1. The average molecular weight is 327 g/mol. The van der Waals surface area contributed by atoms with E-state index in [1.165, 1.54) is 0 Å². The van der Waals surface area contributed by atoms with Crippen molar-refractivity contribution in [3.8, 4) is 29.0 Å². The second kappa shape index (κ2) is 5.89. The summed E-state index contributed by atoms with van der Waals surface area (Å²) in [5.74, 6) is 2.01. The number of amides is 1. The lowest BCUT2D eigenvalue weighted by Crippen LogP contribution is -2.42. The number of nitrogens with one attached hydrogen (secondary N) is 1. The van der Waals surface area contributed by atoms with Gasteiger partial charge >= 0.3 is 0 Å². The minimum absolute atomic E-state index is 0.0466. The smallest absolute Gasteiger partial charge is 0.231 e. The zero-order valence-electron chi connectivity index (χ0n) is 13.7. The topological polar surface area (TPSA) is 97.4 Å². The SMILES string of the molecule is Cc1oc(-c2ccc3c(c2)OCO3)nc1CC(=O)NC(C)(C)C#N. The fraction of sp³-hybridized carbons (Fsp3) is 0.353. The first kappa shape index (κ1) is 15.9. The van der Waals surface area contributed by atoms with Crippen molar-refractivity contribution in [2.24, 2.45) is 0 Å². The third kappa shape index (κ3) is 3.18. The van der Waals surface area contributed by atoms with Gasteiger partial charge in [0.2, 0.25) is 18.6 Å². The van der Waals surface area contributed by atoms with E-state index in [0.29, 0.717) is 28.8 Å². The van der Waals surface area contributed by atoms with Crippen LogP contribution in [0.1, 0.15) is 25.3 Å². The highest BCUT2D eigenvalue weighted by molar-refractivity contribution is 5.79. The molecule has 0 atom stereocenters. The molecule has 1 aromatic carbocycles. The summed E-state index contributed by atoms with van der Waals surface area (Å²) in [5, 5.41) is 11.6. The molecule has 0 saturated heterocycles. The molecule has 2 heterocycles. The molecule has 1 aliphatic heterocycles. The Balaban J connectivity index is 1.78. The summed E-state index contributed by atoms with van der Waals surface area (Å²) < 4.78 is 16.3. The summed E-state index contributed by atoms with van der Waals surface area (Å²) >= 11 is 0. The van der Waals surface area contributed by atoms with Gasteiger partial charge in [-0.3, -0.25) is 4.79 Å². The summed E-state index contributed by atoms with van der Waals surface area (Å²) in [7, 11) is 0. The number of rotatable bonds is 4. The van der Waals surface area contributed by atoms with E-state index in [4.69, 9.17) is 19.2 Å². The van der Waals surface area contributed by atoms with Crippen LogP contribution < -0.4 is 14.8 Å². The number of aromatic nitrogens is 1. The van der Waals surface area contributed by atoms with Gasteiger partial charge in [-0.15, -0.1) is 0 Å². The molecule has 0 saturated carbocycles. The van der Waals surface area contributed by atoms with Gasteiger partial charge in [0, 0.05) is 5.56 Å². The Kier molecular flexibility index (Phi) is 3.89. The molecule has 3 rings (SSSR count). The highest BCUT2D eigenvalue weighted by Gasteiger charge is 2.22. The van der Waals surface area contributed by atoms with E-state index in [2.05, 4.69) is 10.3 Å². The molecule has 7 nitrogen and oxygen atoms in total. The molecular weight excluding hydrogens is 310 g/mol. The van der Waals surface area contributed by atoms with Gasteiger partial charge in [0.15, 0.2) is 11.5 Å². The Morgan fingerprint density at radius 2 is 2.12 bits per heavy atom. The van der Waals surface area contributed by atoms with E-state index >= 15 is 0 Å². The highest BCUT2D eigenvalue weighted by Crippen LogP contribution is 2.36. The Labute approximate surface area is 139 Å². The van der Waals surface area contributed by atoms with Gasteiger partial charge < -0.3 is 19.2 Å². The summed E-state index contributed by atoms with van der Waals surface area (Å²) in [4.78, 5) is 16.5. The van der Waals surface area contributed by atoms with E-state index in [1.807, 2.05) is 12.1 Å². The maximum absolute atomic E-state index is 12.1. The molecule has 0 unspecified atom stereocenters. The van der Waals surface area contributed by atoms with Gasteiger partial charge in [0.1, 0.15) is 11.3 Å². The molecular formula is C17H17N3O4. The number of fused-ring (bicyclic) bond motifs is 1. The molecule has 0 bridgehead atoms. The average Bonchev–Trinajstić information content (AvgIpc) is 3.13. The number of carbonyl (C=O) groups excluding carboxylic acids is 1. The molecule has 7 heteroatoms. The number of nitriles is 1. The van der Waals surface area contributed by atoms with Gasteiger partial charge in [-0.25, -0.2) is 4.98 Å². The van der Waals surface area contributed by atoms with Crippen molar-refractivity contribution in [1.29, 1.82) is 5.26 Å². The molecule has 0 radical (unpaired) electrons. The van der Waals surface area contributed by atoms with E-state index in [1.54, 1.807) is 32.9 Å². The molecule has 1 aliphatic rings. The van der Waals surface area contributed by atoms with E-state index in [0.717, 1.165) is 5.56 Å². The Morgan fingerprint density at radius 3 is 2.88 bits per heavy atom. The van der Waals surface area contributed by atoms with Crippen LogP contribution in [-0.2, 0) is 11.2 Å². The number of hydrogen-bond acceptors (Lipinski definition) is 6. The predicted octanol–water partition coefficient (Wildman–Crippen LogP) is 2.34. The van der Waals surface area contributed by atoms with Crippen LogP contribution in [0.2, 0.25) is 0 Å². The van der Waals surface area contributed by atoms with E-state index in [-0.39, 0.29) is 19.1 Å². The zero-order chi connectivity index (χ0) is 17.3. The second-order valence-electron chi connectivity index (χ2n) is 6.05. The van der Waals surface area contributed by atoms with Crippen molar-refractivity contribution in [2.75, 3.05) is 6.79 Å². The van der Waals surface area contributed by atoms with Gasteiger partial charge in [-0.05, 0) is 39.0 Å². The van der Waals surface area contributed by atoms with Gasteiger partial charge in [-0.1, -0.05) is 0 Å². The summed E-state index contributed by atoms with van der Waals surface area (Å²) in [6.45, 7) is 5.22. The third-order valence-electron chi connectivity index (χ3n) is 3.57. The predicted molar refractivity (Wildman–Crippen MR) is 84.3 cm³/mol. The standard InChI is InChI=1S/C17H17N3O4/c1-10-12(7-15(21)20-17(2,3)8-18)19-16(24-10)11-4-5-13-14(6-11)23-9-22-13/h4-6H,7,9H2,1-3H3,(H,20,21). The first-order valence-corrected chi connectivity index (χ1v) is 7.46. The molecule has 0 aliphatic carbocycles. The number of benzene rings is 1. The third-order valence-corrected chi connectivity index (χ3v) is 3.57. The molecule has 2 aromatic rings. The van der Waals surface area contributed by atoms with Crippen LogP contribution in [0.25, 0.3) is 11.5 Å². The van der Waals surface area contributed by atoms with Crippen molar-refractivity contribution < 1.29 is 18.7 Å². The van der Waals surface area contributed by atoms with Crippen LogP contribution in [0, 0.1) is 18.3 Å². The first-order chi connectivity index (χ1) is 11.4. The van der Waals surface area contributed by atoms with Crippen molar-refractivity contribution in [1.82, 2.24) is 10.3 Å². The molecule has 24 heavy (non-hydrogen) atoms. The Morgan fingerprint density at radius 1 is 1.38 bits per heavy atom. The maximum atomic E-state index is 12.1. The summed E-state index contributed by atoms with van der Waals surface area (Å²) in [6, 6.07) is 7.43. The normalized spacial score (nSPS) is 12.8. The van der Waals surface area contributed by atoms with Crippen molar-refractivity contribution in [2.45, 2.75) is 32.7 Å². The van der Waals surface area contributed by atoms with Crippen LogP contribution in [0.5, 0.6) is 11.5 Å². The van der Waals surface area contributed by atoms with Crippen LogP contribution in [0.3, 0.4) is 0 Å². The zero-order valence-corrected chi connectivity index (χ0v) is 13.7. The number of nitrogens with zero attached hydrogens (tertiary/aromatic N) is 2. The largest absolute Gasteiger partial charge is 0.454 e. The minimum atomic E-state index is -0.922. The number of oxazole rings is 1. The van der Waals surface area contributed by atoms with Crippen LogP contribution in [0.4, 0.5) is 0 Å². The Hall–Kier alpha value is -3.01. The minimum Gasteiger partial charge on any atom is -0.454 e.